The molecule has 1 aromatic carbocycles. The highest BCUT2D eigenvalue weighted by Gasteiger charge is 2.44. The Morgan fingerprint density at radius 2 is 1.95 bits per heavy atom. The summed E-state index contributed by atoms with van der Waals surface area (Å²) >= 11 is 0. The van der Waals surface area contributed by atoms with Gasteiger partial charge in [-0.1, -0.05) is 12.8 Å². The molecule has 2 aliphatic heterocycles. The lowest BCUT2D eigenvalue weighted by Crippen LogP contribution is -2.40. The molecule has 1 aliphatic carbocycles. The number of phenolic OH excluding ortho intramolecular Hbond substituents is 1. The van der Waals surface area contributed by atoms with Crippen LogP contribution in [0.25, 0.3) is 0 Å². The number of hydrogen-bond donors (Lipinski definition) is 2. The number of anilines is 1. The van der Waals surface area contributed by atoms with E-state index in [-0.39, 0.29) is 18.5 Å². The van der Waals surface area contributed by atoms with Crippen molar-refractivity contribution >= 4 is 18.1 Å². The molecule has 1 saturated heterocycles. The van der Waals surface area contributed by atoms with E-state index in [0.717, 1.165) is 30.2 Å². The molecule has 3 nitrogen and oxygen atoms in total. The Morgan fingerprint density at radius 1 is 1.15 bits per heavy atom. The van der Waals surface area contributed by atoms with E-state index < -0.39 is 0 Å². The third kappa shape index (κ3) is 2.17. The van der Waals surface area contributed by atoms with E-state index in [0.29, 0.717) is 17.7 Å². The molecule has 3 atom stereocenters. The monoisotopic (exact) mass is 295 g/mol. The van der Waals surface area contributed by atoms with Crippen LogP contribution >= 0.6 is 12.4 Å². The molecule has 2 heterocycles. The van der Waals surface area contributed by atoms with Crippen LogP contribution in [0, 0.1) is 11.8 Å². The number of fused-ring (bicyclic) bond motifs is 3. The number of halogens is 1. The number of benzene rings is 1. The number of phenols is 1. The van der Waals surface area contributed by atoms with E-state index in [1.807, 2.05) is 12.1 Å². The third-order valence-electron chi connectivity index (χ3n) is 5.17. The van der Waals surface area contributed by atoms with E-state index in [9.17, 15) is 5.11 Å². The first-order valence-electron chi connectivity index (χ1n) is 7.54. The quantitative estimate of drug-likeness (QED) is 0.773. The maximum Gasteiger partial charge on any atom is 0.116 e. The molecule has 2 fully saturated rings. The van der Waals surface area contributed by atoms with Crippen molar-refractivity contribution in [1.29, 1.82) is 0 Å². The Balaban J connectivity index is 0.00000121. The molecule has 0 aromatic heterocycles. The lowest BCUT2D eigenvalue weighted by molar-refractivity contribution is 0.0765. The normalized spacial score (nSPS) is 32.1. The summed E-state index contributed by atoms with van der Waals surface area (Å²) in [7, 11) is 0. The van der Waals surface area contributed by atoms with Crippen LogP contribution in [-0.4, -0.2) is 17.8 Å². The van der Waals surface area contributed by atoms with Crippen molar-refractivity contribution in [2.45, 2.75) is 44.2 Å². The zero-order valence-electron chi connectivity index (χ0n) is 11.5. The van der Waals surface area contributed by atoms with Crippen LogP contribution in [0.1, 0.15) is 43.8 Å². The Kier molecular flexibility index (Phi) is 3.83. The molecule has 4 rings (SSSR count). The second-order valence-electron chi connectivity index (χ2n) is 6.23. The lowest BCUT2D eigenvalue weighted by Gasteiger charge is -2.39. The lowest BCUT2D eigenvalue weighted by atomic mass is 9.77. The molecule has 2 N–H and O–H groups in total. The maximum absolute atomic E-state index is 9.70. The van der Waals surface area contributed by atoms with Gasteiger partial charge in [-0.25, -0.2) is 0 Å². The van der Waals surface area contributed by atoms with Crippen LogP contribution in [-0.2, 0) is 4.74 Å². The average Bonchev–Trinajstić information content (AvgIpc) is 3.09. The number of ether oxygens (including phenoxy) is 1. The van der Waals surface area contributed by atoms with Gasteiger partial charge in [-0.15, -0.1) is 12.4 Å². The second-order valence-corrected chi connectivity index (χ2v) is 6.23. The van der Waals surface area contributed by atoms with Gasteiger partial charge in [-0.2, -0.15) is 0 Å². The maximum atomic E-state index is 9.70. The Bertz CT molecular complexity index is 487. The number of rotatable bonds is 1. The zero-order chi connectivity index (χ0) is 12.8. The average molecular weight is 296 g/mol. The minimum Gasteiger partial charge on any atom is -0.508 e. The van der Waals surface area contributed by atoms with E-state index >= 15 is 0 Å². The van der Waals surface area contributed by atoms with Crippen molar-refractivity contribution in [2.75, 3.05) is 11.9 Å². The van der Waals surface area contributed by atoms with Gasteiger partial charge in [0.25, 0.3) is 0 Å². The molecule has 20 heavy (non-hydrogen) atoms. The molecule has 0 spiro atoms. The first-order valence-corrected chi connectivity index (χ1v) is 7.54. The largest absolute Gasteiger partial charge is 0.508 e. The standard InChI is InChI=1S/C16H21NO2.ClH/c18-11-5-6-14-13(9-11)16-12(7-8-19-16)15(17-14)10-3-1-2-4-10;/h5-6,9-10,12,15-18H,1-4,7-8H2;1H/t12-,15+,16-;/m0./s1. The first kappa shape index (κ1) is 14.0. The molecular weight excluding hydrogens is 274 g/mol. The van der Waals surface area contributed by atoms with E-state index in [1.165, 1.54) is 25.7 Å². The summed E-state index contributed by atoms with van der Waals surface area (Å²) in [5, 5.41) is 13.4. The van der Waals surface area contributed by atoms with Gasteiger partial charge in [0.2, 0.25) is 0 Å². The molecule has 0 radical (unpaired) electrons. The fourth-order valence-electron chi connectivity index (χ4n) is 4.28. The van der Waals surface area contributed by atoms with Crippen molar-refractivity contribution in [1.82, 2.24) is 0 Å². The smallest absolute Gasteiger partial charge is 0.116 e. The summed E-state index contributed by atoms with van der Waals surface area (Å²) in [5.41, 5.74) is 2.31. The van der Waals surface area contributed by atoms with Gasteiger partial charge in [0.15, 0.2) is 0 Å². The van der Waals surface area contributed by atoms with Gasteiger partial charge in [-0.05, 0) is 43.4 Å². The Hall–Kier alpha value is -0.930. The minimum atomic E-state index is 0. The SMILES string of the molecule is Cl.Oc1ccc2c(c1)[C@H]1OCC[C@H]1[C@@H](C1CCCC1)N2. The van der Waals surface area contributed by atoms with Gasteiger partial charge in [0, 0.05) is 29.8 Å². The fraction of sp³-hybridized carbons (Fsp3) is 0.625. The zero-order valence-corrected chi connectivity index (χ0v) is 12.4. The van der Waals surface area contributed by atoms with Crippen molar-refractivity contribution in [2.24, 2.45) is 11.8 Å². The summed E-state index contributed by atoms with van der Waals surface area (Å²) in [6.45, 7) is 0.856. The van der Waals surface area contributed by atoms with Gasteiger partial charge >= 0.3 is 0 Å². The summed E-state index contributed by atoms with van der Waals surface area (Å²) in [6, 6.07) is 6.21. The predicted molar refractivity (Wildman–Crippen MR) is 81.5 cm³/mol. The van der Waals surface area contributed by atoms with Crippen molar-refractivity contribution in [3.63, 3.8) is 0 Å². The number of hydrogen-bond acceptors (Lipinski definition) is 3. The molecule has 1 aromatic rings. The van der Waals surface area contributed by atoms with Crippen molar-refractivity contribution < 1.29 is 9.84 Å². The van der Waals surface area contributed by atoms with Crippen LogP contribution in [0.5, 0.6) is 5.75 Å². The molecule has 4 heteroatoms. The first-order chi connectivity index (χ1) is 9.33. The molecule has 0 bridgehead atoms. The molecule has 0 amide bonds. The van der Waals surface area contributed by atoms with Crippen LogP contribution in [0.3, 0.4) is 0 Å². The third-order valence-corrected chi connectivity index (χ3v) is 5.17. The Morgan fingerprint density at radius 3 is 2.75 bits per heavy atom. The van der Waals surface area contributed by atoms with Gasteiger partial charge in [0.05, 0.1) is 6.10 Å². The van der Waals surface area contributed by atoms with Crippen LogP contribution in [0.15, 0.2) is 18.2 Å². The summed E-state index contributed by atoms with van der Waals surface area (Å²) in [6.07, 6.45) is 6.80. The van der Waals surface area contributed by atoms with Crippen LogP contribution in [0.4, 0.5) is 5.69 Å². The summed E-state index contributed by atoms with van der Waals surface area (Å²) in [5.74, 6) is 1.72. The van der Waals surface area contributed by atoms with E-state index in [2.05, 4.69) is 5.32 Å². The molecule has 110 valence electrons. The minimum absolute atomic E-state index is 0. The van der Waals surface area contributed by atoms with Gasteiger partial charge < -0.3 is 15.2 Å². The second kappa shape index (κ2) is 5.45. The summed E-state index contributed by atoms with van der Waals surface area (Å²) in [4.78, 5) is 0. The van der Waals surface area contributed by atoms with E-state index in [4.69, 9.17) is 4.74 Å². The molecule has 3 aliphatic rings. The number of nitrogens with one attached hydrogen (secondary N) is 1. The molecular formula is C16H22ClNO2. The topological polar surface area (TPSA) is 41.5 Å². The highest BCUT2D eigenvalue weighted by Crippen LogP contribution is 2.49. The summed E-state index contributed by atoms with van der Waals surface area (Å²) < 4.78 is 5.98. The van der Waals surface area contributed by atoms with Crippen molar-refractivity contribution in [3.8, 4) is 5.75 Å². The highest BCUT2D eigenvalue weighted by atomic mass is 35.5. The van der Waals surface area contributed by atoms with Gasteiger partial charge in [0.1, 0.15) is 5.75 Å². The van der Waals surface area contributed by atoms with Crippen LogP contribution < -0.4 is 5.32 Å². The Labute approximate surface area is 126 Å². The van der Waals surface area contributed by atoms with Crippen LogP contribution in [0.2, 0.25) is 0 Å². The van der Waals surface area contributed by atoms with Crippen molar-refractivity contribution in [3.05, 3.63) is 23.8 Å². The predicted octanol–water partition coefficient (Wildman–Crippen LogP) is 3.88. The van der Waals surface area contributed by atoms with Gasteiger partial charge in [-0.3, -0.25) is 0 Å². The highest BCUT2D eigenvalue weighted by molar-refractivity contribution is 5.85. The molecule has 1 saturated carbocycles. The molecule has 0 unspecified atom stereocenters. The number of aromatic hydroxyl groups is 1. The van der Waals surface area contributed by atoms with E-state index in [1.54, 1.807) is 6.07 Å². The fourth-order valence-corrected chi connectivity index (χ4v) is 4.28.